The number of hydrogen-bond acceptors (Lipinski definition) is 5. The first-order valence-electron chi connectivity index (χ1n) is 6.96. The van der Waals surface area contributed by atoms with Gasteiger partial charge in [-0.25, -0.2) is 0 Å². The van der Waals surface area contributed by atoms with Crippen LogP contribution in [-0.2, 0) is 4.79 Å². The molecule has 6 nitrogen and oxygen atoms in total. The Labute approximate surface area is 137 Å². The minimum atomic E-state index is -1.21. The molecule has 0 unspecified atom stereocenters. The van der Waals surface area contributed by atoms with Gasteiger partial charge in [-0.15, -0.1) is 0 Å². The monoisotopic (exact) mass is 370 g/mol. The van der Waals surface area contributed by atoms with Gasteiger partial charge in [-0.1, -0.05) is 28.1 Å². The summed E-state index contributed by atoms with van der Waals surface area (Å²) < 4.78 is 0.928. The molecule has 1 fully saturated rings. The van der Waals surface area contributed by atoms with E-state index < -0.39 is 24.4 Å². The molecule has 1 amide bonds. The van der Waals surface area contributed by atoms with E-state index in [-0.39, 0.29) is 19.0 Å². The second-order valence-electron chi connectivity index (χ2n) is 5.20. The summed E-state index contributed by atoms with van der Waals surface area (Å²) in [6.45, 7) is 0.333. The minimum absolute atomic E-state index is 0.159. The summed E-state index contributed by atoms with van der Waals surface area (Å²) in [5.74, 6) is -0.297. The van der Waals surface area contributed by atoms with Crippen LogP contribution in [0.1, 0.15) is 5.56 Å². The fourth-order valence-electron chi connectivity index (χ4n) is 2.22. The van der Waals surface area contributed by atoms with Gasteiger partial charge in [-0.2, -0.15) is 0 Å². The number of benzene rings is 1. The SMILES string of the molecule is O=C(/C=C/c1cccc(Br)c1)NC[C@H]1NC[C@H](O)[C@@H](O)[C@H]1O. The van der Waals surface area contributed by atoms with Gasteiger partial charge in [0.15, 0.2) is 0 Å². The molecule has 7 heteroatoms. The molecule has 1 heterocycles. The third-order valence-electron chi connectivity index (χ3n) is 3.52. The number of aliphatic hydroxyl groups is 3. The molecule has 0 saturated carbocycles. The van der Waals surface area contributed by atoms with Gasteiger partial charge >= 0.3 is 0 Å². The van der Waals surface area contributed by atoms with E-state index >= 15 is 0 Å². The third-order valence-corrected chi connectivity index (χ3v) is 4.01. The van der Waals surface area contributed by atoms with E-state index in [1.807, 2.05) is 24.3 Å². The van der Waals surface area contributed by atoms with E-state index in [0.717, 1.165) is 10.0 Å². The molecule has 1 aromatic carbocycles. The normalized spacial score (nSPS) is 28.7. The van der Waals surface area contributed by atoms with Gasteiger partial charge in [0.2, 0.25) is 5.91 Å². The summed E-state index contributed by atoms with van der Waals surface area (Å²) in [6.07, 6.45) is -0.247. The maximum atomic E-state index is 11.8. The minimum Gasteiger partial charge on any atom is -0.389 e. The summed E-state index contributed by atoms with van der Waals surface area (Å²) in [5.41, 5.74) is 0.888. The molecular weight excluding hydrogens is 352 g/mol. The number of piperidine rings is 1. The summed E-state index contributed by atoms with van der Waals surface area (Å²) in [7, 11) is 0. The first-order chi connectivity index (χ1) is 10.5. The molecule has 1 aliphatic heterocycles. The van der Waals surface area contributed by atoms with Crippen LogP contribution in [0.4, 0.5) is 0 Å². The highest BCUT2D eigenvalue weighted by molar-refractivity contribution is 9.10. The second-order valence-corrected chi connectivity index (χ2v) is 6.11. The van der Waals surface area contributed by atoms with Crippen molar-refractivity contribution >= 4 is 27.9 Å². The molecule has 0 aromatic heterocycles. The zero-order valence-corrected chi connectivity index (χ0v) is 13.4. The van der Waals surface area contributed by atoms with E-state index in [1.54, 1.807) is 6.08 Å². The Hall–Kier alpha value is -1.25. The molecule has 2 rings (SSSR count). The maximum Gasteiger partial charge on any atom is 0.244 e. The third kappa shape index (κ3) is 4.62. The summed E-state index contributed by atoms with van der Waals surface area (Å²) >= 11 is 3.35. The molecule has 4 atom stereocenters. The Morgan fingerprint density at radius 2 is 2.14 bits per heavy atom. The fourth-order valence-corrected chi connectivity index (χ4v) is 2.64. The van der Waals surface area contributed by atoms with Crippen LogP contribution in [-0.4, -0.2) is 58.7 Å². The van der Waals surface area contributed by atoms with Crippen molar-refractivity contribution in [1.82, 2.24) is 10.6 Å². The summed E-state index contributed by atoms with van der Waals surface area (Å²) in [6, 6.07) is 7.03. The van der Waals surface area contributed by atoms with Crippen molar-refractivity contribution in [3.8, 4) is 0 Å². The van der Waals surface area contributed by atoms with E-state index in [1.165, 1.54) is 6.08 Å². The molecule has 0 aliphatic carbocycles. The molecular formula is C15H19BrN2O4. The van der Waals surface area contributed by atoms with Gasteiger partial charge in [0.25, 0.3) is 0 Å². The van der Waals surface area contributed by atoms with Crippen molar-refractivity contribution in [3.63, 3.8) is 0 Å². The molecule has 22 heavy (non-hydrogen) atoms. The lowest BCUT2D eigenvalue weighted by Crippen LogP contribution is -2.62. The number of amides is 1. The van der Waals surface area contributed by atoms with Gasteiger partial charge in [0, 0.05) is 23.6 Å². The predicted octanol–water partition coefficient (Wildman–Crippen LogP) is -0.367. The number of β-amino-alcohol motifs (C(OH)–C–C–N with tert-alkyl or cyclic N) is 1. The quantitative estimate of drug-likeness (QED) is 0.465. The van der Waals surface area contributed by atoms with Gasteiger partial charge in [-0.3, -0.25) is 4.79 Å². The fraction of sp³-hybridized carbons (Fsp3) is 0.400. The van der Waals surface area contributed by atoms with Crippen LogP contribution >= 0.6 is 15.9 Å². The maximum absolute atomic E-state index is 11.8. The zero-order chi connectivity index (χ0) is 16.1. The van der Waals surface area contributed by atoms with Crippen LogP contribution in [0.25, 0.3) is 6.08 Å². The largest absolute Gasteiger partial charge is 0.389 e. The molecule has 1 saturated heterocycles. The zero-order valence-electron chi connectivity index (χ0n) is 11.8. The number of nitrogens with one attached hydrogen (secondary N) is 2. The first-order valence-corrected chi connectivity index (χ1v) is 7.76. The van der Waals surface area contributed by atoms with Crippen LogP contribution in [0.2, 0.25) is 0 Å². The second kappa shape index (κ2) is 7.85. The number of aliphatic hydroxyl groups excluding tert-OH is 3. The van der Waals surface area contributed by atoms with Crippen molar-refractivity contribution in [1.29, 1.82) is 0 Å². The average molecular weight is 371 g/mol. The standard InChI is InChI=1S/C15H19BrN2O4/c16-10-3-1-2-9(6-10)4-5-13(20)18-7-11-14(21)15(22)12(19)8-17-11/h1-6,11-12,14-15,17,19,21-22H,7-8H2,(H,18,20)/b5-4+/t11-,12+,14+,15-/m1/s1. The van der Waals surface area contributed by atoms with Gasteiger partial charge in [0.05, 0.1) is 18.2 Å². The van der Waals surface area contributed by atoms with Crippen molar-refractivity contribution < 1.29 is 20.1 Å². The highest BCUT2D eigenvalue weighted by atomic mass is 79.9. The number of carbonyl (C=O) groups excluding carboxylic acids is 1. The molecule has 120 valence electrons. The smallest absolute Gasteiger partial charge is 0.244 e. The van der Waals surface area contributed by atoms with Gasteiger partial charge in [0.1, 0.15) is 6.10 Å². The van der Waals surface area contributed by atoms with Crippen LogP contribution in [0.3, 0.4) is 0 Å². The van der Waals surface area contributed by atoms with Gasteiger partial charge in [-0.05, 0) is 23.8 Å². The molecule has 0 spiro atoms. The highest BCUT2D eigenvalue weighted by Gasteiger charge is 2.35. The number of halogens is 1. The van der Waals surface area contributed by atoms with Crippen molar-refractivity contribution in [3.05, 3.63) is 40.4 Å². The Kier molecular flexibility index (Phi) is 6.10. The van der Waals surface area contributed by atoms with Crippen molar-refractivity contribution in [2.75, 3.05) is 13.1 Å². The average Bonchev–Trinajstić information content (AvgIpc) is 2.50. The highest BCUT2D eigenvalue weighted by Crippen LogP contribution is 2.13. The van der Waals surface area contributed by atoms with Crippen LogP contribution in [0, 0.1) is 0 Å². The van der Waals surface area contributed by atoms with E-state index in [0.29, 0.717) is 0 Å². The van der Waals surface area contributed by atoms with Crippen LogP contribution < -0.4 is 10.6 Å². The first kappa shape index (κ1) is 17.1. The van der Waals surface area contributed by atoms with Crippen LogP contribution in [0.5, 0.6) is 0 Å². The summed E-state index contributed by atoms with van der Waals surface area (Å²) in [4.78, 5) is 11.8. The van der Waals surface area contributed by atoms with E-state index in [9.17, 15) is 20.1 Å². The van der Waals surface area contributed by atoms with Crippen molar-refractivity contribution in [2.24, 2.45) is 0 Å². The lowest BCUT2D eigenvalue weighted by atomic mass is 9.96. The van der Waals surface area contributed by atoms with Crippen molar-refractivity contribution in [2.45, 2.75) is 24.4 Å². The number of rotatable bonds is 4. The lowest BCUT2D eigenvalue weighted by Gasteiger charge is -2.36. The Morgan fingerprint density at radius 3 is 2.86 bits per heavy atom. The van der Waals surface area contributed by atoms with Crippen LogP contribution in [0.15, 0.2) is 34.8 Å². The molecule has 0 radical (unpaired) electrons. The van der Waals surface area contributed by atoms with E-state index in [2.05, 4.69) is 26.6 Å². The Morgan fingerprint density at radius 1 is 1.36 bits per heavy atom. The molecule has 1 aliphatic rings. The summed E-state index contributed by atoms with van der Waals surface area (Å²) in [5, 5.41) is 34.3. The Bertz CT molecular complexity index is 552. The predicted molar refractivity (Wildman–Crippen MR) is 86.0 cm³/mol. The molecule has 5 N–H and O–H groups in total. The molecule has 1 aromatic rings. The molecule has 0 bridgehead atoms. The topological polar surface area (TPSA) is 102 Å². The van der Waals surface area contributed by atoms with Gasteiger partial charge < -0.3 is 26.0 Å². The number of carbonyl (C=O) groups is 1. The van der Waals surface area contributed by atoms with E-state index in [4.69, 9.17) is 0 Å². The lowest BCUT2D eigenvalue weighted by molar-refractivity contribution is -0.118. The Balaban J connectivity index is 1.83. The number of hydrogen-bond donors (Lipinski definition) is 5.